The van der Waals surface area contributed by atoms with Gasteiger partial charge in [-0.25, -0.2) is 0 Å². The minimum absolute atomic E-state index is 0.231. The van der Waals surface area contributed by atoms with Crippen molar-refractivity contribution in [3.8, 4) is 0 Å². The standard InChI is InChI=1S/C15H25N3O2S/c1-4-16-14-11-12-18(15-10-8-7-9-13(14)15)21(19,20)17(5-2)6-3/h7-10,14,16H,4-6,11-12H2,1-3H3. The third kappa shape index (κ3) is 3.07. The zero-order chi connectivity index (χ0) is 15.5. The van der Waals surface area contributed by atoms with E-state index in [4.69, 9.17) is 0 Å². The Balaban J connectivity index is 2.41. The number of nitrogens with zero attached hydrogens (tertiary/aromatic N) is 2. The summed E-state index contributed by atoms with van der Waals surface area (Å²) < 4.78 is 28.7. The van der Waals surface area contributed by atoms with Crippen molar-refractivity contribution in [1.82, 2.24) is 9.62 Å². The third-order valence-corrected chi connectivity index (χ3v) is 6.07. The van der Waals surface area contributed by atoms with E-state index in [1.54, 1.807) is 4.31 Å². The lowest BCUT2D eigenvalue weighted by atomic mass is 9.98. The maximum Gasteiger partial charge on any atom is 0.304 e. The van der Waals surface area contributed by atoms with Crippen LogP contribution in [0.25, 0.3) is 0 Å². The highest BCUT2D eigenvalue weighted by Gasteiger charge is 2.34. The molecule has 0 saturated carbocycles. The van der Waals surface area contributed by atoms with Gasteiger partial charge in [0.1, 0.15) is 0 Å². The molecule has 0 spiro atoms. The molecule has 1 heterocycles. The molecule has 0 aromatic heterocycles. The van der Waals surface area contributed by atoms with E-state index in [0.29, 0.717) is 19.6 Å². The van der Waals surface area contributed by atoms with Crippen molar-refractivity contribution in [1.29, 1.82) is 0 Å². The van der Waals surface area contributed by atoms with E-state index < -0.39 is 10.2 Å². The van der Waals surface area contributed by atoms with Crippen LogP contribution in [0.1, 0.15) is 38.8 Å². The van der Waals surface area contributed by atoms with Crippen molar-refractivity contribution in [2.24, 2.45) is 0 Å². The van der Waals surface area contributed by atoms with Crippen LogP contribution in [0.15, 0.2) is 24.3 Å². The summed E-state index contributed by atoms with van der Waals surface area (Å²) in [7, 11) is -3.44. The van der Waals surface area contributed by atoms with Gasteiger partial charge in [0, 0.05) is 25.7 Å². The minimum atomic E-state index is -3.44. The molecule has 0 amide bonds. The molecule has 2 rings (SSSR count). The van der Waals surface area contributed by atoms with Gasteiger partial charge in [-0.05, 0) is 24.6 Å². The molecule has 118 valence electrons. The molecule has 0 bridgehead atoms. The number of fused-ring (bicyclic) bond motifs is 1. The van der Waals surface area contributed by atoms with Crippen molar-refractivity contribution < 1.29 is 8.42 Å². The molecule has 1 N–H and O–H groups in total. The van der Waals surface area contributed by atoms with Crippen LogP contribution in [0, 0.1) is 0 Å². The minimum Gasteiger partial charge on any atom is -0.310 e. The first-order chi connectivity index (χ1) is 10.1. The summed E-state index contributed by atoms with van der Waals surface area (Å²) >= 11 is 0. The Hall–Kier alpha value is -1.11. The van der Waals surface area contributed by atoms with Crippen molar-refractivity contribution in [3.63, 3.8) is 0 Å². The number of hydrogen-bond acceptors (Lipinski definition) is 3. The van der Waals surface area contributed by atoms with Crippen molar-refractivity contribution in [3.05, 3.63) is 29.8 Å². The van der Waals surface area contributed by atoms with Crippen LogP contribution in [0.3, 0.4) is 0 Å². The van der Waals surface area contributed by atoms with E-state index in [1.165, 1.54) is 4.31 Å². The molecule has 21 heavy (non-hydrogen) atoms. The quantitative estimate of drug-likeness (QED) is 0.875. The maximum absolute atomic E-state index is 12.8. The Labute approximate surface area is 128 Å². The highest BCUT2D eigenvalue weighted by atomic mass is 32.2. The lowest BCUT2D eigenvalue weighted by Crippen LogP contribution is -2.47. The highest BCUT2D eigenvalue weighted by Crippen LogP contribution is 2.35. The summed E-state index contributed by atoms with van der Waals surface area (Å²) in [4.78, 5) is 0. The summed E-state index contributed by atoms with van der Waals surface area (Å²) in [5, 5.41) is 3.43. The molecule has 1 unspecified atom stereocenters. The molecule has 0 saturated heterocycles. The Morgan fingerprint density at radius 3 is 2.52 bits per heavy atom. The van der Waals surface area contributed by atoms with Gasteiger partial charge in [-0.15, -0.1) is 0 Å². The number of benzene rings is 1. The fourth-order valence-corrected chi connectivity index (χ4v) is 4.60. The average Bonchev–Trinajstić information content (AvgIpc) is 2.48. The number of nitrogens with one attached hydrogen (secondary N) is 1. The fourth-order valence-electron chi connectivity index (χ4n) is 2.92. The predicted octanol–water partition coefficient (Wildman–Crippen LogP) is 2.13. The summed E-state index contributed by atoms with van der Waals surface area (Å²) in [5.41, 5.74) is 1.88. The number of rotatable bonds is 6. The number of anilines is 1. The van der Waals surface area contributed by atoms with E-state index in [0.717, 1.165) is 24.2 Å². The van der Waals surface area contributed by atoms with Gasteiger partial charge >= 0.3 is 10.2 Å². The molecule has 1 atom stereocenters. The average molecular weight is 311 g/mol. The largest absolute Gasteiger partial charge is 0.310 e. The second-order valence-electron chi connectivity index (χ2n) is 5.12. The molecule has 0 aliphatic carbocycles. The van der Waals surface area contributed by atoms with E-state index in [9.17, 15) is 8.42 Å². The molecular formula is C15H25N3O2S. The zero-order valence-corrected chi connectivity index (χ0v) is 13.9. The molecule has 6 heteroatoms. The van der Waals surface area contributed by atoms with Gasteiger partial charge in [-0.2, -0.15) is 12.7 Å². The van der Waals surface area contributed by atoms with Gasteiger partial charge in [0.25, 0.3) is 0 Å². The Kier molecular flexibility index (Phi) is 5.24. The lowest BCUT2D eigenvalue weighted by Gasteiger charge is -2.37. The van der Waals surface area contributed by atoms with E-state index in [-0.39, 0.29) is 6.04 Å². The van der Waals surface area contributed by atoms with Crippen LogP contribution < -0.4 is 9.62 Å². The zero-order valence-electron chi connectivity index (χ0n) is 13.0. The summed E-state index contributed by atoms with van der Waals surface area (Å²) in [6.45, 7) is 8.20. The van der Waals surface area contributed by atoms with Crippen LogP contribution in [0.2, 0.25) is 0 Å². The van der Waals surface area contributed by atoms with Gasteiger partial charge in [0.2, 0.25) is 0 Å². The summed E-state index contributed by atoms with van der Waals surface area (Å²) in [6.07, 6.45) is 0.797. The summed E-state index contributed by atoms with van der Waals surface area (Å²) in [6, 6.07) is 8.02. The van der Waals surface area contributed by atoms with Crippen LogP contribution >= 0.6 is 0 Å². The van der Waals surface area contributed by atoms with Crippen LogP contribution in [0.5, 0.6) is 0 Å². The van der Waals surface area contributed by atoms with Crippen molar-refractivity contribution in [2.75, 3.05) is 30.5 Å². The van der Waals surface area contributed by atoms with Gasteiger partial charge in [-0.3, -0.25) is 4.31 Å². The first-order valence-electron chi connectivity index (χ1n) is 7.66. The van der Waals surface area contributed by atoms with Crippen molar-refractivity contribution >= 4 is 15.9 Å². The van der Waals surface area contributed by atoms with Gasteiger partial charge < -0.3 is 5.32 Å². The van der Waals surface area contributed by atoms with Crippen LogP contribution in [0.4, 0.5) is 5.69 Å². The second kappa shape index (κ2) is 6.77. The van der Waals surface area contributed by atoms with Crippen molar-refractivity contribution in [2.45, 2.75) is 33.2 Å². The molecule has 1 aromatic carbocycles. The molecule has 1 aliphatic heterocycles. The lowest BCUT2D eigenvalue weighted by molar-refractivity contribution is 0.434. The molecule has 5 nitrogen and oxygen atoms in total. The van der Waals surface area contributed by atoms with Gasteiger partial charge in [0.05, 0.1) is 5.69 Å². The van der Waals surface area contributed by atoms with E-state index in [1.807, 2.05) is 38.1 Å². The van der Waals surface area contributed by atoms with E-state index >= 15 is 0 Å². The monoisotopic (exact) mass is 311 g/mol. The molecule has 1 aromatic rings. The Morgan fingerprint density at radius 2 is 1.90 bits per heavy atom. The second-order valence-corrected chi connectivity index (χ2v) is 6.97. The maximum atomic E-state index is 12.8. The predicted molar refractivity (Wildman–Crippen MR) is 86.7 cm³/mol. The first kappa shape index (κ1) is 16.3. The SMILES string of the molecule is CCNC1CCN(S(=O)(=O)N(CC)CC)c2ccccc21. The van der Waals surface area contributed by atoms with Crippen LogP contribution in [-0.2, 0) is 10.2 Å². The van der Waals surface area contributed by atoms with Gasteiger partial charge in [-0.1, -0.05) is 39.0 Å². The highest BCUT2D eigenvalue weighted by molar-refractivity contribution is 7.90. The smallest absolute Gasteiger partial charge is 0.304 e. The summed E-state index contributed by atoms with van der Waals surface area (Å²) in [5.74, 6) is 0. The Bertz CT molecular complexity index is 570. The van der Waals surface area contributed by atoms with E-state index in [2.05, 4.69) is 12.2 Å². The normalized spacial score (nSPS) is 18.9. The fraction of sp³-hybridized carbons (Fsp3) is 0.600. The number of hydrogen-bond donors (Lipinski definition) is 1. The van der Waals surface area contributed by atoms with Gasteiger partial charge in [0.15, 0.2) is 0 Å². The topological polar surface area (TPSA) is 52.7 Å². The molecule has 1 aliphatic rings. The Morgan fingerprint density at radius 1 is 1.24 bits per heavy atom. The number of para-hydroxylation sites is 1. The third-order valence-electron chi connectivity index (χ3n) is 3.96. The van der Waals surface area contributed by atoms with Crippen LogP contribution in [-0.4, -0.2) is 38.9 Å². The molecular weight excluding hydrogens is 286 g/mol. The molecule has 0 radical (unpaired) electrons. The first-order valence-corrected chi connectivity index (χ1v) is 9.06. The molecule has 0 fully saturated rings.